The zero-order valence-corrected chi connectivity index (χ0v) is 10.7. The number of nitrogens with zero attached hydrogens (tertiary/aromatic N) is 3. The average molecular weight is 267 g/mol. The van der Waals surface area contributed by atoms with Crippen LogP contribution in [-0.4, -0.2) is 35.7 Å². The lowest BCUT2D eigenvalue weighted by molar-refractivity contribution is -0.384. The molecule has 1 saturated heterocycles. The van der Waals surface area contributed by atoms with Crippen LogP contribution < -0.4 is 16.2 Å². The molecule has 0 radical (unpaired) electrons. The fraction of sp³-hybridized carbons (Fsp3) is 0.545. The Hall–Kier alpha value is -1.93. The van der Waals surface area contributed by atoms with Crippen molar-refractivity contribution >= 4 is 17.3 Å². The van der Waals surface area contributed by atoms with E-state index in [1.54, 1.807) is 0 Å². The Bertz CT molecular complexity index is 468. The quantitative estimate of drug-likeness (QED) is 0.475. The van der Waals surface area contributed by atoms with Gasteiger partial charge in [-0.15, -0.1) is 0 Å². The van der Waals surface area contributed by atoms with Gasteiger partial charge in [-0.2, -0.15) is 0 Å². The maximum Gasteiger partial charge on any atom is 0.311 e. The van der Waals surface area contributed by atoms with Crippen molar-refractivity contribution in [3.05, 3.63) is 22.2 Å². The highest BCUT2D eigenvalue weighted by atomic mass is 16.6. The molecule has 2 rings (SSSR count). The summed E-state index contributed by atoms with van der Waals surface area (Å²) in [5.74, 6) is 6.04. The lowest BCUT2D eigenvalue weighted by atomic mass is 10.3. The topological polar surface area (TPSA) is 107 Å². The van der Waals surface area contributed by atoms with Gasteiger partial charge in [0.1, 0.15) is 5.82 Å². The van der Waals surface area contributed by atoms with Gasteiger partial charge in [0.25, 0.3) is 0 Å². The van der Waals surface area contributed by atoms with Crippen LogP contribution in [0, 0.1) is 10.1 Å². The lowest BCUT2D eigenvalue weighted by Crippen LogP contribution is -2.31. The number of hydrazine groups is 1. The van der Waals surface area contributed by atoms with Crippen LogP contribution in [0.3, 0.4) is 0 Å². The standard InChI is InChI=1S/C11H17N5O3/c1-8-7-15(5-2-6-19-8)11-9(16(17)18)3-4-10(13-11)14-12/h3-4,8H,2,5-7,12H2,1H3,(H,13,14). The van der Waals surface area contributed by atoms with E-state index >= 15 is 0 Å². The lowest BCUT2D eigenvalue weighted by Gasteiger charge is -2.23. The Kier molecular flexibility index (Phi) is 4.13. The molecule has 104 valence electrons. The monoisotopic (exact) mass is 267 g/mol. The van der Waals surface area contributed by atoms with Gasteiger partial charge in [-0.1, -0.05) is 0 Å². The molecule has 0 spiro atoms. The molecule has 2 heterocycles. The Morgan fingerprint density at radius 2 is 2.42 bits per heavy atom. The summed E-state index contributed by atoms with van der Waals surface area (Å²) in [5.41, 5.74) is 2.39. The zero-order valence-electron chi connectivity index (χ0n) is 10.7. The fourth-order valence-electron chi connectivity index (χ4n) is 2.08. The maximum atomic E-state index is 11.1. The largest absolute Gasteiger partial charge is 0.377 e. The number of hydrogen-bond donors (Lipinski definition) is 2. The van der Waals surface area contributed by atoms with Crippen LogP contribution in [0.15, 0.2) is 12.1 Å². The second-order valence-electron chi connectivity index (χ2n) is 4.42. The van der Waals surface area contributed by atoms with Crippen LogP contribution in [-0.2, 0) is 4.74 Å². The number of rotatable bonds is 3. The van der Waals surface area contributed by atoms with Gasteiger partial charge < -0.3 is 15.1 Å². The summed E-state index contributed by atoms with van der Waals surface area (Å²) in [4.78, 5) is 16.7. The molecule has 0 bridgehead atoms. The van der Waals surface area contributed by atoms with Crippen LogP contribution >= 0.6 is 0 Å². The van der Waals surface area contributed by atoms with Crippen molar-refractivity contribution < 1.29 is 9.66 Å². The number of nitrogens with one attached hydrogen (secondary N) is 1. The number of nitrogens with two attached hydrogens (primary N) is 1. The molecular weight excluding hydrogens is 250 g/mol. The van der Waals surface area contributed by atoms with Crippen molar-refractivity contribution in [1.82, 2.24) is 4.98 Å². The van der Waals surface area contributed by atoms with Gasteiger partial charge in [0.15, 0.2) is 0 Å². The number of pyridine rings is 1. The van der Waals surface area contributed by atoms with Gasteiger partial charge in [0.05, 0.1) is 11.0 Å². The molecule has 1 fully saturated rings. The molecule has 0 aromatic carbocycles. The van der Waals surface area contributed by atoms with Gasteiger partial charge in [0.2, 0.25) is 5.82 Å². The Balaban J connectivity index is 2.36. The first-order valence-electron chi connectivity index (χ1n) is 6.10. The summed E-state index contributed by atoms with van der Waals surface area (Å²) in [5, 5.41) is 11.1. The van der Waals surface area contributed by atoms with E-state index in [0.29, 0.717) is 31.3 Å². The van der Waals surface area contributed by atoms with Crippen LogP contribution in [0.25, 0.3) is 0 Å². The van der Waals surface area contributed by atoms with Gasteiger partial charge in [-0.05, 0) is 19.4 Å². The average Bonchev–Trinajstić information content (AvgIpc) is 2.62. The summed E-state index contributed by atoms with van der Waals surface area (Å²) in [6.45, 7) is 3.84. The van der Waals surface area contributed by atoms with Crippen molar-refractivity contribution in [3.8, 4) is 0 Å². The summed E-state index contributed by atoms with van der Waals surface area (Å²) >= 11 is 0. The summed E-state index contributed by atoms with van der Waals surface area (Å²) in [6.07, 6.45) is 0.821. The molecule has 1 aliphatic rings. The molecule has 3 N–H and O–H groups in total. The molecular formula is C11H17N5O3. The smallest absolute Gasteiger partial charge is 0.311 e. The number of anilines is 2. The number of ether oxygens (including phenoxy) is 1. The number of nitro groups is 1. The van der Waals surface area contributed by atoms with E-state index in [9.17, 15) is 10.1 Å². The predicted molar refractivity (Wildman–Crippen MR) is 70.9 cm³/mol. The molecule has 0 amide bonds. The SMILES string of the molecule is CC1CN(c2nc(NN)ccc2[N+](=O)[O-])CCCO1. The van der Waals surface area contributed by atoms with Crippen molar-refractivity contribution in [1.29, 1.82) is 0 Å². The summed E-state index contributed by atoms with van der Waals surface area (Å²) < 4.78 is 5.53. The molecule has 8 heteroatoms. The third-order valence-electron chi connectivity index (χ3n) is 2.95. The van der Waals surface area contributed by atoms with E-state index < -0.39 is 4.92 Å². The number of aromatic nitrogens is 1. The minimum Gasteiger partial charge on any atom is -0.377 e. The minimum absolute atomic E-state index is 0.0124. The molecule has 1 unspecified atom stereocenters. The van der Waals surface area contributed by atoms with E-state index in [1.165, 1.54) is 12.1 Å². The molecule has 1 aliphatic heterocycles. The first kappa shape index (κ1) is 13.5. The van der Waals surface area contributed by atoms with Crippen LogP contribution in [0.5, 0.6) is 0 Å². The zero-order chi connectivity index (χ0) is 13.8. The molecule has 8 nitrogen and oxygen atoms in total. The minimum atomic E-state index is -0.432. The fourth-order valence-corrected chi connectivity index (χ4v) is 2.08. The molecule has 19 heavy (non-hydrogen) atoms. The Morgan fingerprint density at radius 1 is 1.63 bits per heavy atom. The van der Waals surface area contributed by atoms with Crippen LogP contribution in [0.1, 0.15) is 13.3 Å². The number of nitrogen functional groups attached to an aromatic ring is 1. The van der Waals surface area contributed by atoms with Crippen molar-refractivity contribution in [2.75, 3.05) is 30.0 Å². The Labute approximate surface area is 110 Å². The molecule has 0 saturated carbocycles. The third-order valence-corrected chi connectivity index (χ3v) is 2.95. The van der Waals surface area contributed by atoms with Gasteiger partial charge in [-0.3, -0.25) is 10.1 Å². The highest BCUT2D eigenvalue weighted by Crippen LogP contribution is 2.28. The normalized spacial score (nSPS) is 19.9. The molecule has 1 aromatic heterocycles. The van der Waals surface area contributed by atoms with E-state index in [4.69, 9.17) is 10.6 Å². The highest BCUT2D eigenvalue weighted by molar-refractivity contribution is 5.61. The molecule has 0 aliphatic carbocycles. The van der Waals surface area contributed by atoms with E-state index in [1.807, 2.05) is 11.8 Å². The summed E-state index contributed by atoms with van der Waals surface area (Å²) in [6, 6.07) is 2.90. The highest BCUT2D eigenvalue weighted by Gasteiger charge is 2.24. The van der Waals surface area contributed by atoms with E-state index in [0.717, 1.165) is 6.42 Å². The predicted octanol–water partition coefficient (Wildman–Crippen LogP) is 0.891. The van der Waals surface area contributed by atoms with Crippen LogP contribution in [0.4, 0.5) is 17.3 Å². The van der Waals surface area contributed by atoms with Crippen molar-refractivity contribution in [2.45, 2.75) is 19.4 Å². The first-order chi connectivity index (χ1) is 9.11. The number of hydrogen-bond acceptors (Lipinski definition) is 7. The molecule has 1 atom stereocenters. The molecule has 1 aromatic rings. The van der Waals surface area contributed by atoms with Gasteiger partial charge in [0, 0.05) is 25.8 Å². The Morgan fingerprint density at radius 3 is 3.11 bits per heavy atom. The second kappa shape index (κ2) is 5.81. The van der Waals surface area contributed by atoms with E-state index in [-0.39, 0.29) is 11.8 Å². The maximum absolute atomic E-state index is 11.1. The second-order valence-corrected chi connectivity index (χ2v) is 4.42. The summed E-state index contributed by atoms with van der Waals surface area (Å²) in [7, 11) is 0. The van der Waals surface area contributed by atoms with Crippen molar-refractivity contribution in [3.63, 3.8) is 0 Å². The van der Waals surface area contributed by atoms with Crippen LogP contribution in [0.2, 0.25) is 0 Å². The van der Waals surface area contributed by atoms with Crippen molar-refractivity contribution in [2.24, 2.45) is 5.84 Å². The van der Waals surface area contributed by atoms with E-state index in [2.05, 4.69) is 10.4 Å². The van der Waals surface area contributed by atoms with Gasteiger partial charge in [-0.25, -0.2) is 10.8 Å². The first-order valence-corrected chi connectivity index (χ1v) is 6.10. The van der Waals surface area contributed by atoms with Gasteiger partial charge >= 0.3 is 5.69 Å². The third kappa shape index (κ3) is 3.09.